The molecular formula is C21H19BrN2O. The zero-order valence-electron chi connectivity index (χ0n) is 13.9. The Bertz CT molecular complexity index is 861. The first kappa shape index (κ1) is 17.4. The first-order chi connectivity index (χ1) is 12.2. The van der Waals surface area contributed by atoms with Crippen LogP contribution in [0.2, 0.25) is 0 Å². The predicted octanol–water partition coefficient (Wildman–Crippen LogP) is 5.55. The molecule has 3 rings (SSSR count). The monoisotopic (exact) mass is 394 g/mol. The highest BCUT2D eigenvalue weighted by Gasteiger charge is 2.20. The summed E-state index contributed by atoms with van der Waals surface area (Å²) in [5, 5.41) is 13.2. The van der Waals surface area contributed by atoms with Gasteiger partial charge in [0, 0.05) is 34.8 Å². The molecule has 0 radical (unpaired) electrons. The Morgan fingerprint density at radius 3 is 2.36 bits per heavy atom. The number of rotatable bonds is 5. The van der Waals surface area contributed by atoms with Crippen LogP contribution < -0.4 is 0 Å². The van der Waals surface area contributed by atoms with Gasteiger partial charge in [-0.2, -0.15) is 0 Å². The molecule has 0 aliphatic heterocycles. The molecule has 0 saturated heterocycles. The number of pyridine rings is 1. The molecular weight excluding hydrogens is 376 g/mol. The largest absolute Gasteiger partial charge is 0.411 e. The van der Waals surface area contributed by atoms with Gasteiger partial charge in [0.05, 0.1) is 5.71 Å². The average molecular weight is 395 g/mol. The molecule has 1 N–H and O–H groups in total. The maximum absolute atomic E-state index is 9.60. The summed E-state index contributed by atoms with van der Waals surface area (Å²) >= 11 is 3.50. The van der Waals surface area contributed by atoms with Crippen LogP contribution in [0.3, 0.4) is 0 Å². The molecule has 0 fully saturated rings. The minimum atomic E-state index is 0.105. The normalized spacial score (nSPS) is 12.8. The first-order valence-corrected chi connectivity index (χ1v) is 8.90. The van der Waals surface area contributed by atoms with E-state index in [1.54, 1.807) is 12.4 Å². The van der Waals surface area contributed by atoms with E-state index in [9.17, 15) is 5.21 Å². The Hall–Kier alpha value is -2.46. The molecule has 1 aromatic heterocycles. The summed E-state index contributed by atoms with van der Waals surface area (Å²) in [6, 6.07) is 20.4. The van der Waals surface area contributed by atoms with E-state index in [4.69, 9.17) is 0 Å². The topological polar surface area (TPSA) is 45.5 Å². The first-order valence-electron chi connectivity index (χ1n) is 8.11. The lowest BCUT2D eigenvalue weighted by molar-refractivity contribution is 0.317. The second kappa shape index (κ2) is 8.08. The number of aryl methyl sites for hydroxylation is 1. The Morgan fingerprint density at radius 2 is 1.72 bits per heavy atom. The lowest BCUT2D eigenvalue weighted by atomic mass is 9.83. The average Bonchev–Trinajstić information content (AvgIpc) is 2.65. The molecule has 0 saturated carbocycles. The molecule has 0 aliphatic carbocycles. The molecule has 1 heterocycles. The van der Waals surface area contributed by atoms with Gasteiger partial charge in [0.15, 0.2) is 0 Å². The van der Waals surface area contributed by atoms with Crippen molar-refractivity contribution in [3.8, 4) is 0 Å². The third-order valence-corrected chi connectivity index (χ3v) is 4.90. The molecule has 3 aromatic rings. The Balaban J connectivity index is 2.02. The maximum atomic E-state index is 9.60. The van der Waals surface area contributed by atoms with Gasteiger partial charge in [-0.3, -0.25) is 4.98 Å². The second-order valence-electron chi connectivity index (χ2n) is 5.95. The van der Waals surface area contributed by atoms with Crippen LogP contribution >= 0.6 is 15.9 Å². The van der Waals surface area contributed by atoms with Gasteiger partial charge in [0.2, 0.25) is 0 Å². The molecule has 0 bridgehead atoms. The number of halogens is 1. The fourth-order valence-electron chi connectivity index (χ4n) is 3.03. The summed E-state index contributed by atoms with van der Waals surface area (Å²) in [6.07, 6.45) is 4.03. The number of oxime groups is 1. The van der Waals surface area contributed by atoms with Gasteiger partial charge in [0.1, 0.15) is 0 Å². The van der Waals surface area contributed by atoms with Crippen molar-refractivity contribution >= 4 is 21.6 Å². The zero-order valence-corrected chi connectivity index (χ0v) is 15.5. The summed E-state index contributed by atoms with van der Waals surface area (Å²) in [5.41, 5.74) is 5.18. The Morgan fingerprint density at radius 1 is 1.04 bits per heavy atom. The highest BCUT2D eigenvalue weighted by molar-refractivity contribution is 9.10. The van der Waals surface area contributed by atoms with Gasteiger partial charge in [-0.1, -0.05) is 57.5 Å². The standard InChI is InChI=1S/C21H19BrN2O/c1-15-4-2-3-5-19(15)20(16-6-8-18(22)9-7-16)14-21(24-25)17-10-12-23-13-11-17/h2-13,20,25H,14H2,1H3/b24-21+. The highest BCUT2D eigenvalue weighted by atomic mass is 79.9. The molecule has 0 spiro atoms. The third kappa shape index (κ3) is 4.15. The smallest absolute Gasteiger partial charge is 0.0878 e. The lowest BCUT2D eigenvalue weighted by Crippen LogP contribution is -2.11. The van der Waals surface area contributed by atoms with E-state index < -0.39 is 0 Å². The van der Waals surface area contributed by atoms with Crippen molar-refractivity contribution in [3.63, 3.8) is 0 Å². The van der Waals surface area contributed by atoms with Gasteiger partial charge in [-0.15, -0.1) is 0 Å². The minimum absolute atomic E-state index is 0.105. The summed E-state index contributed by atoms with van der Waals surface area (Å²) < 4.78 is 1.05. The molecule has 1 unspecified atom stereocenters. The summed E-state index contributed by atoms with van der Waals surface area (Å²) in [6.45, 7) is 2.11. The lowest BCUT2D eigenvalue weighted by Gasteiger charge is -2.21. The summed E-state index contributed by atoms with van der Waals surface area (Å²) in [4.78, 5) is 4.04. The predicted molar refractivity (Wildman–Crippen MR) is 104 cm³/mol. The summed E-state index contributed by atoms with van der Waals surface area (Å²) in [5.74, 6) is 0.105. The zero-order chi connectivity index (χ0) is 17.6. The van der Waals surface area contributed by atoms with Gasteiger partial charge < -0.3 is 5.21 Å². The molecule has 0 amide bonds. The van der Waals surface area contributed by atoms with Crippen LogP contribution in [0.25, 0.3) is 0 Å². The molecule has 2 aromatic carbocycles. The van der Waals surface area contributed by atoms with Crippen molar-refractivity contribution in [2.45, 2.75) is 19.3 Å². The van der Waals surface area contributed by atoms with Crippen LogP contribution in [0.5, 0.6) is 0 Å². The molecule has 25 heavy (non-hydrogen) atoms. The molecule has 3 nitrogen and oxygen atoms in total. The van der Waals surface area contributed by atoms with E-state index in [-0.39, 0.29) is 5.92 Å². The third-order valence-electron chi connectivity index (χ3n) is 4.37. The van der Waals surface area contributed by atoms with E-state index >= 15 is 0 Å². The number of nitrogens with zero attached hydrogens (tertiary/aromatic N) is 2. The van der Waals surface area contributed by atoms with Crippen LogP contribution in [0.15, 0.2) is 82.7 Å². The van der Waals surface area contributed by atoms with Gasteiger partial charge in [-0.05, 0) is 47.9 Å². The number of hydrogen-bond acceptors (Lipinski definition) is 3. The number of hydrogen-bond donors (Lipinski definition) is 1. The fourth-order valence-corrected chi connectivity index (χ4v) is 3.30. The number of benzene rings is 2. The van der Waals surface area contributed by atoms with Gasteiger partial charge >= 0.3 is 0 Å². The van der Waals surface area contributed by atoms with Gasteiger partial charge in [-0.25, -0.2) is 0 Å². The molecule has 0 aliphatic rings. The fraction of sp³-hybridized carbons (Fsp3) is 0.143. The number of aromatic nitrogens is 1. The highest BCUT2D eigenvalue weighted by Crippen LogP contribution is 2.32. The minimum Gasteiger partial charge on any atom is -0.411 e. The Kier molecular flexibility index (Phi) is 5.61. The molecule has 4 heteroatoms. The van der Waals surface area contributed by atoms with Gasteiger partial charge in [0.25, 0.3) is 0 Å². The van der Waals surface area contributed by atoms with Crippen LogP contribution in [-0.2, 0) is 0 Å². The van der Waals surface area contributed by atoms with Crippen LogP contribution in [0, 0.1) is 6.92 Å². The van der Waals surface area contributed by atoms with Crippen LogP contribution in [0.4, 0.5) is 0 Å². The molecule has 126 valence electrons. The van der Waals surface area contributed by atoms with E-state index in [1.165, 1.54) is 16.7 Å². The van der Waals surface area contributed by atoms with Crippen molar-refractivity contribution in [3.05, 3.63) is 99.8 Å². The van der Waals surface area contributed by atoms with E-state index in [0.717, 1.165) is 10.0 Å². The van der Waals surface area contributed by atoms with E-state index in [2.05, 4.69) is 63.3 Å². The van der Waals surface area contributed by atoms with Crippen LogP contribution in [0.1, 0.15) is 34.6 Å². The molecule has 1 atom stereocenters. The van der Waals surface area contributed by atoms with Crippen molar-refractivity contribution < 1.29 is 5.21 Å². The summed E-state index contributed by atoms with van der Waals surface area (Å²) in [7, 11) is 0. The van der Waals surface area contributed by atoms with Crippen LogP contribution in [-0.4, -0.2) is 15.9 Å². The SMILES string of the molecule is Cc1ccccc1C(C/C(=N\O)c1ccncc1)c1ccc(Br)cc1. The van der Waals surface area contributed by atoms with Crippen molar-refractivity contribution in [1.82, 2.24) is 4.98 Å². The Labute approximate surface area is 156 Å². The van der Waals surface area contributed by atoms with E-state index in [0.29, 0.717) is 12.1 Å². The van der Waals surface area contributed by atoms with E-state index in [1.807, 2.05) is 30.3 Å². The van der Waals surface area contributed by atoms with Crippen molar-refractivity contribution in [2.24, 2.45) is 5.16 Å². The maximum Gasteiger partial charge on any atom is 0.0878 e. The quantitative estimate of drug-likeness (QED) is 0.350. The van der Waals surface area contributed by atoms with Crippen molar-refractivity contribution in [1.29, 1.82) is 0 Å². The van der Waals surface area contributed by atoms with Crippen molar-refractivity contribution in [2.75, 3.05) is 0 Å². The second-order valence-corrected chi connectivity index (χ2v) is 6.86.